The second-order valence-electron chi connectivity index (χ2n) is 2.45. The molecule has 17 heavy (non-hydrogen) atoms. The smallest absolute Gasteiger partial charge is 0.330 e. The van der Waals surface area contributed by atoms with Crippen molar-refractivity contribution >= 4 is 11.9 Å². The van der Waals surface area contributed by atoms with E-state index in [0.29, 0.717) is 6.61 Å². The van der Waals surface area contributed by atoms with Gasteiger partial charge in [0.2, 0.25) is 0 Å². The van der Waals surface area contributed by atoms with Crippen LogP contribution in [-0.4, -0.2) is 25.7 Å². The quantitative estimate of drug-likeness (QED) is 0.322. The van der Waals surface area contributed by atoms with Gasteiger partial charge < -0.3 is 9.47 Å². The molecule has 0 heterocycles. The first-order chi connectivity index (χ1) is 8.12. The molecular formula is C13H22O4. The van der Waals surface area contributed by atoms with E-state index in [9.17, 15) is 9.59 Å². The summed E-state index contributed by atoms with van der Waals surface area (Å²) in [4.78, 5) is 20.2. The number of rotatable bonds is 5. The monoisotopic (exact) mass is 242 g/mol. The Kier molecular flexibility index (Phi) is 23.8. The predicted molar refractivity (Wildman–Crippen MR) is 69.5 cm³/mol. The summed E-state index contributed by atoms with van der Waals surface area (Å²) in [6, 6.07) is 0. The Morgan fingerprint density at radius 1 is 1.12 bits per heavy atom. The van der Waals surface area contributed by atoms with Crippen molar-refractivity contribution in [2.75, 3.05) is 13.7 Å². The van der Waals surface area contributed by atoms with E-state index in [1.807, 2.05) is 6.92 Å². The summed E-state index contributed by atoms with van der Waals surface area (Å²) in [6.07, 6.45) is 4.26. The Labute approximate surface area is 104 Å². The van der Waals surface area contributed by atoms with Crippen LogP contribution in [0.25, 0.3) is 0 Å². The Morgan fingerprint density at radius 2 is 1.59 bits per heavy atom. The normalized spacial score (nSPS) is 7.18. The summed E-state index contributed by atoms with van der Waals surface area (Å²) in [7, 11) is 1.31. The molecule has 4 heteroatoms. The van der Waals surface area contributed by atoms with Crippen molar-refractivity contribution in [2.45, 2.75) is 19.8 Å². The van der Waals surface area contributed by atoms with Crippen LogP contribution < -0.4 is 0 Å². The van der Waals surface area contributed by atoms with Crippen molar-refractivity contribution in [3.63, 3.8) is 0 Å². The van der Waals surface area contributed by atoms with Crippen LogP contribution in [-0.2, 0) is 19.1 Å². The lowest BCUT2D eigenvalue weighted by molar-refractivity contribution is -0.138. The van der Waals surface area contributed by atoms with E-state index >= 15 is 0 Å². The minimum Gasteiger partial charge on any atom is -0.466 e. The predicted octanol–water partition coefficient (Wildman–Crippen LogP) is 2.66. The fourth-order valence-electron chi connectivity index (χ4n) is 0.459. The van der Waals surface area contributed by atoms with Crippen LogP contribution in [0.15, 0.2) is 38.5 Å². The largest absolute Gasteiger partial charge is 0.466 e. The highest BCUT2D eigenvalue weighted by Gasteiger charge is 1.91. The van der Waals surface area contributed by atoms with Gasteiger partial charge in [-0.2, -0.15) is 0 Å². The number of ether oxygens (including phenoxy) is 2. The molecule has 0 saturated carbocycles. The molecule has 0 aliphatic carbocycles. The van der Waals surface area contributed by atoms with Crippen LogP contribution in [0.5, 0.6) is 0 Å². The summed E-state index contributed by atoms with van der Waals surface area (Å²) in [5, 5.41) is 0. The third-order valence-corrected chi connectivity index (χ3v) is 1.28. The van der Waals surface area contributed by atoms with Crippen LogP contribution in [0, 0.1) is 0 Å². The number of esters is 2. The number of carbonyl (C=O) groups is 2. The first-order valence-electron chi connectivity index (χ1n) is 5.11. The number of hydrogen-bond donors (Lipinski definition) is 0. The molecule has 4 nitrogen and oxygen atoms in total. The van der Waals surface area contributed by atoms with Crippen LogP contribution in [0.1, 0.15) is 19.8 Å². The lowest BCUT2D eigenvalue weighted by Gasteiger charge is -1.97. The maximum Gasteiger partial charge on any atom is 0.330 e. The first-order valence-corrected chi connectivity index (χ1v) is 5.11. The van der Waals surface area contributed by atoms with Crippen LogP contribution in [0.3, 0.4) is 0 Å². The zero-order valence-corrected chi connectivity index (χ0v) is 10.7. The lowest BCUT2D eigenvalue weighted by Crippen LogP contribution is -2.00. The van der Waals surface area contributed by atoms with Gasteiger partial charge in [0.1, 0.15) is 0 Å². The van der Waals surface area contributed by atoms with Crippen molar-refractivity contribution in [2.24, 2.45) is 0 Å². The van der Waals surface area contributed by atoms with Gasteiger partial charge in [-0.3, -0.25) is 0 Å². The summed E-state index contributed by atoms with van der Waals surface area (Å²) < 4.78 is 8.82. The average molecular weight is 242 g/mol. The van der Waals surface area contributed by atoms with E-state index in [-0.39, 0.29) is 5.97 Å². The molecule has 0 radical (unpaired) electrons. The van der Waals surface area contributed by atoms with Gasteiger partial charge in [-0.05, 0) is 6.42 Å². The van der Waals surface area contributed by atoms with Crippen molar-refractivity contribution in [1.29, 1.82) is 0 Å². The minimum atomic E-state index is -0.394. The summed E-state index contributed by atoms with van der Waals surface area (Å²) >= 11 is 0. The van der Waals surface area contributed by atoms with Gasteiger partial charge in [0, 0.05) is 12.2 Å². The Hall–Kier alpha value is -1.84. The molecule has 0 N–H and O–H groups in total. The highest BCUT2D eigenvalue weighted by molar-refractivity contribution is 5.81. The molecule has 0 aliphatic heterocycles. The zero-order chi connectivity index (χ0) is 14.1. The third kappa shape index (κ3) is 25.0. The summed E-state index contributed by atoms with van der Waals surface area (Å²) in [5.74, 6) is -0.724. The van der Waals surface area contributed by atoms with Crippen LogP contribution >= 0.6 is 0 Å². The molecule has 0 amide bonds. The van der Waals surface area contributed by atoms with E-state index in [0.717, 1.165) is 18.9 Å². The zero-order valence-electron chi connectivity index (χ0n) is 10.7. The molecule has 0 bridgehead atoms. The van der Waals surface area contributed by atoms with E-state index in [2.05, 4.69) is 35.8 Å². The number of unbranched alkanes of at least 4 members (excludes halogenated alkanes) is 1. The average Bonchev–Trinajstić information content (AvgIpc) is 2.40. The van der Waals surface area contributed by atoms with Crippen molar-refractivity contribution in [3.05, 3.63) is 38.5 Å². The molecule has 0 atom stereocenters. The molecule has 0 saturated heterocycles. The topological polar surface area (TPSA) is 52.6 Å². The molecule has 0 aromatic heterocycles. The molecular weight excluding hydrogens is 220 g/mol. The Morgan fingerprint density at radius 3 is 1.82 bits per heavy atom. The van der Waals surface area contributed by atoms with Gasteiger partial charge in [0.15, 0.2) is 0 Å². The van der Waals surface area contributed by atoms with Gasteiger partial charge in [0.25, 0.3) is 0 Å². The van der Waals surface area contributed by atoms with Gasteiger partial charge in [-0.15, -0.1) is 13.2 Å². The number of methoxy groups -OCH3 is 1. The van der Waals surface area contributed by atoms with Gasteiger partial charge in [-0.25, -0.2) is 9.59 Å². The van der Waals surface area contributed by atoms with Gasteiger partial charge >= 0.3 is 11.9 Å². The minimum absolute atomic E-state index is 0.330. The Balaban J connectivity index is -0.000000213. The second kappa shape index (κ2) is 19.7. The molecule has 0 rings (SSSR count). The molecule has 0 aromatic carbocycles. The molecule has 0 aliphatic rings. The SMILES string of the molecule is C=C.C=CC(=O)OC.C=CC(=O)OCCCC. The maximum absolute atomic E-state index is 10.3. The van der Waals surface area contributed by atoms with Crippen molar-refractivity contribution in [1.82, 2.24) is 0 Å². The lowest BCUT2D eigenvalue weighted by atomic mass is 10.4. The second-order valence-corrected chi connectivity index (χ2v) is 2.45. The highest BCUT2D eigenvalue weighted by atomic mass is 16.5. The van der Waals surface area contributed by atoms with Crippen molar-refractivity contribution < 1.29 is 19.1 Å². The van der Waals surface area contributed by atoms with Crippen LogP contribution in [0.2, 0.25) is 0 Å². The molecule has 98 valence electrons. The number of carbonyl (C=O) groups excluding carboxylic acids is 2. The van der Waals surface area contributed by atoms with Gasteiger partial charge in [-0.1, -0.05) is 26.5 Å². The maximum atomic E-state index is 10.3. The van der Waals surface area contributed by atoms with Gasteiger partial charge in [0.05, 0.1) is 13.7 Å². The van der Waals surface area contributed by atoms with Crippen LogP contribution in [0.4, 0.5) is 0 Å². The standard InChI is InChI=1S/C7H12O2.C4H6O2.C2H4/c1-3-5-6-9-7(8)4-2;1-3-4(5)6-2;1-2/h4H,2-3,5-6H2,1H3;3H,1H2,2H3;1-2H2. The number of hydrogen-bond acceptors (Lipinski definition) is 4. The Bertz CT molecular complexity index is 221. The molecule has 0 aromatic rings. The molecule has 0 spiro atoms. The van der Waals surface area contributed by atoms with Crippen molar-refractivity contribution in [3.8, 4) is 0 Å². The van der Waals surface area contributed by atoms with E-state index in [4.69, 9.17) is 0 Å². The van der Waals surface area contributed by atoms with E-state index in [1.54, 1.807) is 0 Å². The first kappa shape index (κ1) is 20.6. The van der Waals surface area contributed by atoms with E-state index in [1.165, 1.54) is 13.2 Å². The van der Waals surface area contributed by atoms with E-state index < -0.39 is 5.97 Å². The summed E-state index contributed by atoms with van der Waals surface area (Å²) in [6.45, 7) is 15.0. The fraction of sp³-hybridized carbons (Fsp3) is 0.385. The fourth-order valence-corrected chi connectivity index (χ4v) is 0.459. The molecule has 0 unspecified atom stereocenters. The summed E-state index contributed by atoms with van der Waals surface area (Å²) in [5.41, 5.74) is 0. The highest BCUT2D eigenvalue weighted by Crippen LogP contribution is 1.88. The third-order valence-electron chi connectivity index (χ3n) is 1.28. The molecule has 0 fully saturated rings.